The molecule has 1 atom stereocenters. The van der Waals surface area contributed by atoms with Crippen molar-refractivity contribution in [3.63, 3.8) is 0 Å². The quantitative estimate of drug-likeness (QED) is 0.757. The van der Waals surface area contributed by atoms with Gasteiger partial charge < -0.3 is 15.4 Å². The normalized spacial score (nSPS) is 11.9. The average molecular weight is 251 g/mol. The second-order valence-corrected chi connectivity index (χ2v) is 4.14. The molecule has 2 N–H and O–H groups in total. The van der Waals surface area contributed by atoms with E-state index in [9.17, 15) is 4.79 Å². The lowest BCUT2D eigenvalue weighted by Gasteiger charge is -2.12. The molecule has 1 heterocycles. The maximum absolute atomic E-state index is 11.7. The second-order valence-electron chi connectivity index (χ2n) is 4.14. The molecule has 1 aromatic heterocycles. The van der Waals surface area contributed by atoms with Gasteiger partial charge in [0.25, 0.3) is 0 Å². The molecule has 0 aliphatic rings. The first-order valence-electron chi connectivity index (χ1n) is 6.14. The molecule has 100 valence electrons. The van der Waals surface area contributed by atoms with Gasteiger partial charge in [-0.15, -0.1) is 0 Å². The van der Waals surface area contributed by atoms with Gasteiger partial charge in [-0.2, -0.15) is 0 Å². The Hall–Kier alpha value is -1.62. The lowest BCUT2D eigenvalue weighted by Crippen LogP contribution is -2.34. The van der Waals surface area contributed by atoms with E-state index in [4.69, 9.17) is 4.74 Å². The van der Waals surface area contributed by atoms with Crippen molar-refractivity contribution < 1.29 is 9.53 Å². The van der Waals surface area contributed by atoms with Crippen LogP contribution in [0, 0.1) is 5.92 Å². The third-order valence-electron chi connectivity index (χ3n) is 2.62. The van der Waals surface area contributed by atoms with Crippen LogP contribution in [0.15, 0.2) is 18.3 Å². The summed E-state index contributed by atoms with van der Waals surface area (Å²) in [5.41, 5.74) is 0.958. The van der Waals surface area contributed by atoms with Crippen molar-refractivity contribution in [3.8, 4) is 5.88 Å². The summed E-state index contributed by atoms with van der Waals surface area (Å²) in [4.78, 5) is 15.8. The molecule has 0 radical (unpaired) electrons. The van der Waals surface area contributed by atoms with Crippen LogP contribution in [0.5, 0.6) is 5.88 Å². The van der Waals surface area contributed by atoms with Crippen LogP contribution in [0.2, 0.25) is 0 Å². The van der Waals surface area contributed by atoms with E-state index >= 15 is 0 Å². The molecule has 1 aromatic rings. The number of carbonyl (C=O) groups is 1. The molecule has 0 saturated carbocycles. The number of aromatic nitrogens is 1. The SMILES string of the molecule is CCNCC(C)C(=O)NCc1ccc(OC)nc1. The van der Waals surface area contributed by atoms with Crippen LogP contribution in [-0.2, 0) is 11.3 Å². The van der Waals surface area contributed by atoms with Gasteiger partial charge in [0.15, 0.2) is 0 Å². The number of ether oxygens (including phenoxy) is 1. The van der Waals surface area contributed by atoms with Crippen LogP contribution < -0.4 is 15.4 Å². The maximum Gasteiger partial charge on any atom is 0.224 e. The number of amides is 1. The number of hydrogen-bond donors (Lipinski definition) is 2. The van der Waals surface area contributed by atoms with Gasteiger partial charge in [-0.05, 0) is 12.1 Å². The standard InChI is InChI=1S/C13H21N3O2/c1-4-14-7-10(2)13(17)16-9-11-5-6-12(18-3)15-8-11/h5-6,8,10,14H,4,7,9H2,1-3H3,(H,16,17). The molecular formula is C13H21N3O2. The molecule has 0 aliphatic heterocycles. The van der Waals surface area contributed by atoms with Gasteiger partial charge in [0.05, 0.1) is 7.11 Å². The second kappa shape index (κ2) is 7.66. The molecule has 5 nitrogen and oxygen atoms in total. The van der Waals surface area contributed by atoms with E-state index in [2.05, 4.69) is 15.6 Å². The van der Waals surface area contributed by atoms with E-state index in [0.717, 1.165) is 12.1 Å². The number of nitrogens with one attached hydrogen (secondary N) is 2. The van der Waals surface area contributed by atoms with E-state index in [0.29, 0.717) is 19.0 Å². The summed E-state index contributed by atoms with van der Waals surface area (Å²) in [6.07, 6.45) is 1.70. The van der Waals surface area contributed by atoms with E-state index in [1.807, 2.05) is 19.9 Å². The smallest absolute Gasteiger partial charge is 0.224 e. The van der Waals surface area contributed by atoms with Gasteiger partial charge in [-0.3, -0.25) is 4.79 Å². The van der Waals surface area contributed by atoms with Gasteiger partial charge in [-0.25, -0.2) is 4.98 Å². The summed E-state index contributed by atoms with van der Waals surface area (Å²) < 4.78 is 4.97. The van der Waals surface area contributed by atoms with Crippen molar-refractivity contribution in [1.82, 2.24) is 15.6 Å². The Balaban J connectivity index is 2.37. The predicted molar refractivity (Wildman–Crippen MR) is 70.3 cm³/mol. The number of pyridine rings is 1. The minimum Gasteiger partial charge on any atom is -0.481 e. The van der Waals surface area contributed by atoms with Gasteiger partial charge in [0, 0.05) is 31.3 Å². The summed E-state index contributed by atoms with van der Waals surface area (Å²) >= 11 is 0. The summed E-state index contributed by atoms with van der Waals surface area (Å²) in [7, 11) is 1.58. The number of hydrogen-bond acceptors (Lipinski definition) is 4. The molecule has 0 saturated heterocycles. The van der Waals surface area contributed by atoms with Crippen LogP contribution in [0.3, 0.4) is 0 Å². The highest BCUT2D eigenvalue weighted by atomic mass is 16.5. The lowest BCUT2D eigenvalue weighted by molar-refractivity contribution is -0.124. The first-order chi connectivity index (χ1) is 8.67. The Bertz CT molecular complexity index is 365. The zero-order chi connectivity index (χ0) is 13.4. The minimum absolute atomic E-state index is 0.0313. The molecule has 18 heavy (non-hydrogen) atoms. The molecule has 0 bridgehead atoms. The largest absolute Gasteiger partial charge is 0.481 e. The van der Waals surface area contributed by atoms with Crippen molar-refractivity contribution in [2.24, 2.45) is 5.92 Å². The van der Waals surface area contributed by atoms with Crippen molar-refractivity contribution in [1.29, 1.82) is 0 Å². The van der Waals surface area contributed by atoms with E-state index < -0.39 is 0 Å². The number of nitrogens with zero attached hydrogens (tertiary/aromatic N) is 1. The Morgan fingerprint density at radius 1 is 1.50 bits per heavy atom. The topological polar surface area (TPSA) is 63.2 Å². The highest BCUT2D eigenvalue weighted by molar-refractivity contribution is 5.78. The predicted octanol–water partition coefficient (Wildman–Crippen LogP) is 0.952. The molecule has 1 unspecified atom stereocenters. The van der Waals surface area contributed by atoms with E-state index in [-0.39, 0.29) is 11.8 Å². The summed E-state index contributed by atoms with van der Waals surface area (Å²) in [5, 5.41) is 6.04. The number of carbonyl (C=O) groups excluding carboxylic acids is 1. The van der Waals surface area contributed by atoms with Gasteiger partial charge >= 0.3 is 0 Å². The third-order valence-corrected chi connectivity index (χ3v) is 2.62. The fraction of sp³-hybridized carbons (Fsp3) is 0.538. The monoisotopic (exact) mass is 251 g/mol. The molecule has 0 aliphatic carbocycles. The highest BCUT2D eigenvalue weighted by Gasteiger charge is 2.11. The maximum atomic E-state index is 11.7. The first kappa shape index (κ1) is 14.4. The minimum atomic E-state index is -0.0313. The molecular weight excluding hydrogens is 230 g/mol. The van der Waals surface area contributed by atoms with Gasteiger partial charge in [0.1, 0.15) is 0 Å². The Labute approximate surface area is 108 Å². The van der Waals surface area contributed by atoms with Crippen molar-refractivity contribution in [2.45, 2.75) is 20.4 Å². The molecule has 1 rings (SSSR count). The summed E-state index contributed by atoms with van der Waals surface area (Å²) in [6, 6.07) is 3.67. The third kappa shape index (κ3) is 4.71. The van der Waals surface area contributed by atoms with Gasteiger partial charge in [-0.1, -0.05) is 19.9 Å². The summed E-state index contributed by atoms with van der Waals surface area (Å²) in [5.74, 6) is 0.591. The van der Waals surface area contributed by atoms with Crippen molar-refractivity contribution in [3.05, 3.63) is 23.9 Å². The zero-order valence-electron chi connectivity index (χ0n) is 11.2. The average Bonchev–Trinajstić information content (AvgIpc) is 2.42. The summed E-state index contributed by atoms with van der Waals surface area (Å²) in [6.45, 7) is 5.99. The van der Waals surface area contributed by atoms with Crippen LogP contribution in [0.25, 0.3) is 0 Å². The molecule has 1 amide bonds. The van der Waals surface area contributed by atoms with Crippen molar-refractivity contribution in [2.75, 3.05) is 20.2 Å². The first-order valence-corrected chi connectivity index (χ1v) is 6.14. The van der Waals surface area contributed by atoms with Crippen LogP contribution in [-0.4, -0.2) is 31.1 Å². The Morgan fingerprint density at radius 3 is 2.83 bits per heavy atom. The Kier molecular flexibility index (Phi) is 6.14. The highest BCUT2D eigenvalue weighted by Crippen LogP contribution is 2.06. The van der Waals surface area contributed by atoms with Gasteiger partial charge in [0.2, 0.25) is 11.8 Å². The lowest BCUT2D eigenvalue weighted by atomic mass is 10.1. The number of rotatable bonds is 7. The fourth-order valence-corrected chi connectivity index (χ4v) is 1.45. The molecule has 0 fully saturated rings. The van der Waals surface area contributed by atoms with E-state index in [1.54, 1.807) is 19.4 Å². The molecule has 0 spiro atoms. The van der Waals surface area contributed by atoms with Crippen LogP contribution in [0.1, 0.15) is 19.4 Å². The molecule has 5 heteroatoms. The molecule has 0 aromatic carbocycles. The van der Waals surface area contributed by atoms with E-state index in [1.165, 1.54) is 0 Å². The number of methoxy groups -OCH3 is 1. The fourth-order valence-electron chi connectivity index (χ4n) is 1.45. The van der Waals surface area contributed by atoms with Crippen LogP contribution >= 0.6 is 0 Å². The van der Waals surface area contributed by atoms with Crippen LogP contribution in [0.4, 0.5) is 0 Å². The zero-order valence-corrected chi connectivity index (χ0v) is 11.2. The Morgan fingerprint density at radius 2 is 2.28 bits per heavy atom. The van der Waals surface area contributed by atoms with Crippen molar-refractivity contribution >= 4 is 5.91 Å².